The van der Waals surface area contributed by atoms with Crippen molar-refractivity contribution in [2.75, 3.05) is 6.61 Å². The van der Waals surface area contributed by atoms with Crippen LogP contribution in [0.1, 0.15) is 91.4 Å². The van der Waals surface area contributed by atoms with Gasteiger partial charge in [-0.15, -0.1) is 0 Å². The Morgan fingerprint density at radius 2 is 1.68 bits per heavy atom. The van der Waals surface area contributed by atoms with Crippen LogP contribution in [-0.4, -0.2) is 52.6 Å². The van der Waals surface area contributed by atoms with Gasteiger partial charge in [0.1, 0.15) is 0 Å². The predicted molar refractivity (Wildman–Crippen MR) is 147 cm³/mol. The standard InChI is InChI=1S/C33H43FO7/c1-19-15-25-24-12-11-22-16-23(35)13-14-30(22,2)32(24,34)26(36)17-31(25,3)33(19,41-29(39)21-9-10-21)27(37)18-40-28(38)20-7-5-4-6-8-20/h13-14,16,19-21,24-26,36H,4-12,15,17-18H2,1-3H3. The van der Waals surface area contributed by atoms with Gasteiger partial charge in [-0.3, -0.25) is 19.2 Å². The number of fused-ring (bicyclic) bond motifs is 5. The lowest BCUT2D eigenvalue weighted by Crippen LogP contribution is -2.70. The topological polar surface area (TPSA) is 107 Å². The third kappa shape index (κ3) is 4.05. The Kier molecular flexibility index (Phi) is 6.91. The Balaban J connectivity index is 1.35. The second-order valence-corrected chi connectivity index (χ2v) is 14.2. The van der Waals surface area contributed by atoms with E-state index in [1.54, 1.807) is 13.0 Å². The first-order valence-corrected chi connectivity index (χ1v) is 15.6. The molecule has 5 fully saturated rings. The summed E-state index contributed by atoms with van der Waals surface area (Å²) in [6.45, 7) is 4.98. The molecule has 8 atom stereocenters. The lowest BCUT2D eigenvalue weighted by molar-refractivity contribution is -0.229. The highest BCUT2D eigenvalue weighted by Gasteiger charge is 2.77. The predicted octanol–water partition coefficient (Wildman–Crippen LogP) is 4.99. The monoisotopic (exact) mass is 570 g/mol. The van der Waals surface area contributed by atoms with Crippen LogP contribution in [0.15, 0.2) is 23.8 Å². The molecule has 0 aromatic rings. The number of aliphatic hydroxyl groups is 1. The fourth-order valence-electron chi connectivity index (χ4n) is 9.66. The van der Waals surface area contributed by atoms with Crippen LogP contribution in [0.25, 0.3) is 0 Å². The van der Waals surface area contributed by atoms with Crippen LogP contribution in [0.2, 0.25) is 0 Å². The molecule has 8 unspecified atom stereocenters. The largest absolute Gasteiger partial charge is 0.457 e. The van der Waals surface area contributed by atoms with Crippen molar-refractivity contribution in [1.29, 1.82) is 0 Å². The minimum Gasteiger partial charge on any atom is -0.457 e. The summed E-state index contributed by atoms with van der Waals surface area (Å²) < 4.78 is 29.5. The highest BCUT2D eigenvalue weighted by molar-refractivity contribution is 6.01. The van der Waals surface area contributed by atoms with Crippen molar-refractivity contribution >= 4 is 23.5 Å². The van der Waals surface area contributed by atoms with E-state index in [0.29, 0.717) is 37.7 Å². The zero-order valence-electron chi connectivity index (χ0n) is 24.5. The number of aliphatic hydroxyl groups excluding tert-OH is 1. The van der Waals surface area contributed by atoms with Crippen LogP contribution in [-0.2, 0) is 28.7 Å². The van der Waals surface area contributed by atoms with Gasteiger partial charge in [0, 0.05) is 22.7 Å². The first-order valence-electron chi connectivity index (χ1n) is 15.6. The maximum atomic E-state index is 17.6. The second-order valence-electron chi connectivity index (χ2n) is 14.2. The van der Waals surface area contributed by atoms with Crippen LogP contribution in [0.4, 0.5) is 4.39 Å². The minimum absolute atomic E-state index is 0.0834. The van der Waals surface area contributed by atoms with Crippen molar-refractivity contribution in [3.63, 3.8) is 0 Å². The first-order chi connectivity index (χ1) is 19.4. The van der Waals surface area contributed by atoms with Gasteiger partial charge in [0.25, 0.3) is 0 Å². The maximum Gasteiger partial charge on any atom is 0.309 e. The van der Waals surface area contributed by atoms with Gasteiger partial charge in [-0.1, -0.05) is 44.8 Å². The van der Waals surface area contributed by atoms with Crippen molar-refractivity contribution in [2.24, 2.45) is 40.4 Å². The highest BCUT2D eigenvalue weighted by atomic mass is 19.1. The highest BCUT2D eigenvalue weighted by Crippen LogP contribution is 2.71. The Bertz CT molecular complexity index is 1210. The summed E-state index contributed by atoms with van der Waals surface area (Å²) in [6, 6.07) is 0. The molecule has 6 aliphatic rings. The summed E-state index contributed by atoms with van der Waals surface area (Å²) in [5, 5.41) is 11.7. The molecular formula is C33H43FO7. The maximum absolute atomic E-state index is 17.6. The van der Waals surface area contributed by atoms with Crippen molar-refractivity contribution < 1.29 is 38.1 Å². The van der Waals surface area contributed by atoms with Crippen LogP contribution in [0, 0.1) is 40.4 Å². The number of allylic oxidation sites excluding steroid dienone is 4. The molecule has 0 radical (unpaired) electrons. The molecular weight excluding hydrogens is 527 g/mol. The van der Waals surface area contributed by atoms with Crippen LogP contribution in [0.3, 0.4) is 0 Å². The number of hydrogen-bond donors (Lipinski definition) is 1. The summed E-state index contributed by atoms with van der Waals surface area (Å²) in [7, 11) is 0. The zero-order chi connectivity index (χ0) is 29.4. The van der Waals surface area contributed by atoms with Crippen molar-refractivity contribution in [1.82, 2.24) is 0 Å². The third-order valence-corrected chi connectivity index (χ3v) is 12.1. The molecule has 0 amide bonds. The van der Waals surface area contributed by atoms with Crippen molar-refractivity contribution in [2.45, 2.75) is 109 Å². The molecule has 41 heavy (non-hydrogen) atoms. The summed E-state index contributed by atoms with van der Waals surface area (Å²) in [5.41, 5.74) is -5.21. The number of ketones is 2. The molecule has 224 valence electrons. The van der Waals surface area contributed by atoms with Crippen molar-refractivity contribution in [3.05, 3.63) is 23.8 Å². The second kappa shape index (κ2) is 9.85. The molecule has 6 aliphatic carbocycles. The Morgan fingerprint density at radius 1 is 1.00 bits per heavy atom. The van der Waals surface area contributed by atoms with Gasteiger partial charge in [-0.25, -0.2) is 4.39 Å². The van der Waals surface area contributed by atoms with Gasteiger partial charge < -0.3 is 14.6 Å². The minimum atomic E-state index is -2.05. The summed E-state index contributed by atoms with van der Waals surface area (Å²) in [4.78, 5) is 52.6. The zero-order valence-corrected chi connectivity index (χ0v) is 24.5. The molecule has 0 bridgehead atoms. The number of carbonyl (C=O) groups excluding carboxylic acids is 4. The number of ether oxygens (including phenoxy) is 2. The fraction of sp³-hybridized carbons (Fsp3) is 0.758. The molecule has 0 saturated heterocycles. The average molecular weight is 571 g/mol. The summed E-state index contributed by atoms with van der Waals surface area (Å²) >= 11 is 0. The Hall–Kier alpha value is -2.35. The number of rotatable bonds is 6. The van der Waals surface area contributed by atoms with E-state index in [0.717, 1.165) is 32.1 Å². The number of halogens is 1. The number of alkyl halides is 1. The molecule has 1 N–H and O–H groups in total. The molecule has 0 aromatic carbocycles. The lowest BCUT2D eigenvalue weighted by atomic mass is 9.44. The molecule has 0 heterocycles. The molecule has 0 spiro atoms. The molecule has 8 heteroatoms. The normalized spacial score (nSPS) is 43.8. The fourth-order valence-corrected chi connectivity index (χ4v) is 9.66. The molecule has 0 aromatic heterocycles. The van der Waals surface area contributed by atoms with E-state index in [4.69, 9.17) is 9.47 Å². The van der Waals surface area contributed by atoms with Crippen LogP contribution < -0.4 is 0 Å². The number of hydrogen-bond acceptors (Lipinski definition) is 7. The number of esters is 2. The quantitative estimate of drug-likeness (QED) is 0.449. The third-order valence-electron chi connectivity index (χ3n) is 12.1. The molecule has 5 saturated carbocycles. The smallest absolute Gasteiger partial charge is 0.309 e. The molecule has 0 aliphatic heterocycles. The Labute approximate surface area is 241 Å². The van der Waals surface area contributed by atoms with Crippen LogP contribution >= 0.6 is 0 Å². The van der Waals surface area contributed by atoms with E-state index in [-0.39, 0.29) is 30.0 Å². The van der Waals surface area contributed by atoms with E-state index >= 15 is 4.39 Å². The molecule has 6 rings (SSSR count). The van der Waals surface area contributed by atoms with E-state index in [1.165, 1.54) is 12.2 Å². The van der Waals surface area contributed by atoms with Gasteiger partial charge >= 0.3 is 11.9 Å². The summed E-state index contributed by atoms with van der Waals surface area (Å²) in [5.74, 6) is -3.40. The first kappa shape index (κ1) is 28.8. The van der Waals surface area contributed by atoms with Gasteiger partial charge in [-0.2, -0.15) is 0 Å². The van der Waals surface area contributed by atoms with E-state index in [1.807, 2.05) is 13.8 Å². The average Bonchev–Trinajstić information content (AvgIpc) is 3.77. The van der Waals surface area contributed by atoms with Gasteiger partial charge in [0.05, 0.1) is 17.9 Å². The van der Waals surface area contributed by atoms with E-state index in [2.05, 4.69) is 0 Å². The van der Waals surface area contributed by atoms with Crippen LogP contribution in [0.5, 0.6) is 0 Å². The Morgan fingerprint density at radius 3 is 2.37 bits per heavy atom. The SMILES string of the molecule is CC1CC2C3CCC4=CC(=O)C=CC4(C)C3(F)C(O)CC2(C)C1(OC(=O)C1CC1)C(=O)COC(=O)C1CCCCC1. The lowest BCUT2D eigenvalue weighted by Gasteiger charge is -2.62. The van der Waals surface area contributed by atoms with Gasteiger partial charge in [0.2, 0.25) is 5.78 Å². The molecule has 7 nitrogen and oxygen atoms in total. The van der Waals surface area contributed by atoms with E-state index < -0.39 is 64.4 Å². The number of Topliss-reactive ketones (excluding diaryl/α,β-unsaturated/α-hetero) is 1. The van der Waals surface area contributed by atoms with Gasteiger partial charge in [-0.05, 0) is 76.4 Å². The number of carbonyl (C=O) groups is 4. The van der Waals surface area contributed by atoms with E-state index in [9.17, 15) is 24.3 Å². The van der Waals surface area contributed by atoms with Gasteiger partial charge in [0.15, 0.2) is 23.7 Å². The van der Waals surface area contributed by atoms with Crippen molar-refractivity contribution in [3.8, 4) is 0 Å². The summed E-state index contributed by atoms with van der Waals surface area (Å²) in [6.07, 6.45) is 10.2.